The van der Waals surface area contributed by atoms with Crippen molar-refractivity contribution < 1.29 is 14.2 Å². The maximum absolute atomic E-state index is 5.32. The number of rotatable bonds is 1. The van der Waals surface area contributed by atoms with Crippen LogP contribution in [0.2, 0.25) is 0 Å². The molecule has 70 valence electrons. The van der Waals surface area contributed by atoms with Crippen LogP contribution in [0.25, 0.3) is 0 Å². The average molecular weight is 245 g/mol. The molecule has 0 spiro atoms. The third-order valence-electron chi connectivity index (χ3n) is 2.02. The highest BCUT2D eigenvalue weighted by molar-refractivity contribution is 9.10. The molecular weight excluding hydrogens is 236 g/mol. The second-order valence-corrected chi connectivity index (χ2v) is 3.60. The van der Waals surface area contributed by atoms with Gasteiger partial charge >= 0.3 is 0 Å². The Morgan fingerprint density at radius 2 is 2.08 bits per heavy atom. The Kier molecular flexibility index (Phi) is 2.07. The van der Waals surface area contributed by atoms with E-state index in [2.05, 4.69) is 15.9 Å². The molecule has 4 heteroatoms. The van der Waals surface area contributed by atoms with Gasteiger partial charge in [-0.3, -0.25) is 0 Å². The molecule has 0 unspecified atom stereocenters. The zero-order chi connectivity index (χ0) is 9.42. The molecule has 13 heavy (non-hydrogen) atoms. The molecule has 0 fully saturated rings. The van der Waals surface area contributed by atoms with E-state index in [-0.39, 0.29) is 6.79 Å². The van der Waals surface area contributed by atoms with Crippen molar-refractivity contribution in [3.63, 3.8) is 0 Å². The lowest BCUT2D eigenvalue weighted by atomic mass is 10.2. The number of ether oxygens (including phenoxy) is 3. The predicted octanol–water partition coefficient (Wildman–Crippen LogP) is 2.49. The minimum absolute atomic E-state index is 0.280. The summed E-state index contributed by atoms with van der Waals surface area (Å²) in [6, 6.07) is 1.88. The van der Waals surface area contributed by atoms with Gasteiger partial charge in [0.15, 0.2) is 11.5 Å². The van der Waals surface area contributed by atoms with Crippen molar-refractivity contribution >= 4 is 15.9 Å². The van der Waals surface area contributed by atoms with E-state index < -0.39 is 0 Å². The van der Waals surface area contributed by atoms with Gasteiger partial charge in [0, 0.05) is 5.56 Å². The Hall–Kier alpha value is -0.900. The molecule has 3 nitrogen and oxygen atoms in total. The van der Waals surface area contributed by atoms with E-state index in [0.29, 0.717) is 0 Å². The molecule has 1 heterocycles. The van der Waals surface area contributed by atoms with E-state index in [4.69, 9.17) is 14.2 Å². The summed E-state index contributed by atoms with van der Waals surface area (Å²) in [5.74, 6) is 2.33. The van der Waals surface area contributed by atoms with Gasteiger partial charge in [-0.25, -0.2) is 0 Å². The first-order valence-corrected chi connectivity index (χ1v) is 4.66. The molecule has 0 aliphatic carbocycles. The maximum Gasteiger partial charge on any atom is 0.231 e. The predicted molar refractivity (Wildman–Crippen MR) is 51.6 cm³/mol. The van der Waals surface area contributed by atoms with Crippen LogP contribution in [0, 0.1) is 6.92 Å². The number of fused-ring (bicyclic) bond motifs is 1. The normalized spacial score (nSPS) is 13.2. The Morgan fingerprint density at radius 3 is 2.77 bits per heavy atom. The average Bonchev–Trinajstić information content (AvgIpc) is 2.60. The fourth-order valence-electron chi connectivity index (χ4n) is 1.35. The summed E-state index contributed by atoms with van der Waals surface area (Å²) in [6.07, 6.45) is 0. The van der Waals surface area contributed by atoms with Gasteiger partial charge in [-0.2, -0.15) is 0 Å². The van der Waals surface area contributed by atoms with Gasteiger partial charge in [-0.05, 0) is 28.9 Å². The molecule has 1 aromatic rings. The Balaban J connectivity index is 2.62. The van der Waals surface area contributed by atoms with Gasteiger partial charge in [0.2, 0.25) is 6.79 Å². The first kappa shape index (κ1) is 8.69. The third kappa shape index (κ3) is 1.25. The van der Waals surface area contributed by atoms with Gasteiger partial charge in [-0.15, -0.1) is 0 Å². The Morgan fingerprint density at radius 1 is 1.38 bits per heavy atom. The zero-order valence-electron chi connectivity index (χ0n) is 7.39. The number of hydrogen-bond donors (Lipinski definition) is 0. The summed E-state index contributed by atoms with van der Waals surface area (Å²) in [4.78, 5) is 0. The lowest BCUT2D eigenvalue weighted by molar-refractivity contribution is 0.173. The summed E-state index contributed by atoms with van der Waals surface area (Å²) in [5, 5.41) is 0. The van der Waals surface area contributed by atoms with Crippen molar-refractivity contribution in [1.29, 1.82) is 0 Å². The highest BCUT2D eigenvalue weighted by atomic mass is 79.9. The topological polar surface area (TPSA) is 27.7 Å². The summed E-state index contributed by atoms with van der Waals surface area (Å²) in [6.45, 7) is 2.22. The summed E-state index contributed by atoms with van der Waals surface area (Å²) in [5.41, 5.74) is 0.971. The standard InChI is InChI=1S/C9H9BrO3/c1-5-7(11-2)3-6(10)9-8(5)12-4-13-9/h3H,4H2,1-2H3. The molecule has 2 rings (SSSR count). The molecule has 0 atom stereocenters. The van der Waals surface area contributed by atoms with Crippen LogP contribution < -0.4 is 14.2 Å². The monoisotopic (exact) mass is 244 g/mol. The highest BCUT2D eigenvalue weighted by Gasteiger charge is 2.22. The van der Waals surface area contributed by atoms with E-state index in [1.807, 2.05) is 13.0 Å². The quantitative estimate of drug-likeness (QED) is 0.760. The van der Waals surface area contributed by atoms with E-state index in [1.165, 1.54) is 0 Å². The van der Waals surface area contributed by atoms with Crippen LogP contribution in [-0.4, -0.2) is 13.9 Å². The first-order chi connectivity index (χ1) is 6.24. The van der Waals surface area contributed by atoms with Crippen LogP contribution in [0.3, 0.4) is 0 Å². The second kappa shape index (κ2) is 3.10. The van der Waals surface area contributed by atoms with Crippen molar-refractivity contribution in [3.05, 3.63) is 16.1 Å². The Labute approximate surface area is 84.7 Å². The molecule has 0 saturated carbocycles. The summed E-state index contributed by atoms with van der Waals surface area (Å²) in [7, 11) is 1.64. The fourth-order valence-corrected chi connectivity index (χ4v) is 1.85. The Bertz CT molecular complexity index is 349. The molecule has 1 aliphatic heterocycles. The number of methoxy groups -OCH3 is 1. The molecule has 0 aromatic heterocycles. The van der Waals surface area contributed by atoms with Gasteiger partial charge in [0.05, 0.1) is 11.6 Å². The largest absolute Gasteiger partial charge is 0.496 e. The van der Waals surface area contributed by atoms with Gasteiger partial charge in [0.25, 0.3) is 0 Å². The van der Waals surface area contributed by atoms with Crippen LogP contribution in [0.15, 0.2) is 10.5 Å². The van der Waals surface area contributed by atoms with Crippen LogP contribution in [0.5, 0.6) is 17.2 Å². The third-order valence-corrected chi connectivity index (χ3v) is 2.61. The molecule has 0 bridgehead atoms. The van der Waals surface area contributed by atoms with Crippen molar-refractivity contribution in [3.8, 4) is 17.2 Å². The summed E-state index contributed by atoms with van der Waals surface area (Å²) >= 11 is 3.39. The molecule has 0 N–H and O–H groups in total. The molecule has 0 radical (unpaired) electrons. The lowest BCUT2D eigenvalue weighted by Gasteiger charge is -2.08. The minimum atomic E-state index is 0.280. The van der Waals surface area contributed by atoms with Crippen LogP contribution >= 0.6 is 15.9 Å². The summed E-state index contributed by atoms with van der Waals surface area (Å²) < 4.78 is 16.7. The van der Waals surface area contributed by atoms with E-state index >= 15 is 0 Å². The van der Waals surface area contributed by atoms with Gasteiger partial charge in [0.1, 0.15) is 5.75 Å². The van der Waals surface area contributed by atoms with Crippen molar-refractivity contribution in [2.45, 2.75) is 6.92 Å². The maximum atomic E-state index is 5.32. The van der Waals surface area contributed by atoms with E-state index in [1.54, 1.807) is 7.11 Å². The van der Waals surface area contributed by atoms with Crippen molar-refractivity contribution in [2.75, 3.05) is 13.9 Å². The first-order valence-electron chi connectivity index (χ1n) is 3.86. The SMILES string of the molecule is COc1cc(Br)c2c(c1C)OCO2. The zero-order valence-corrected chi connectivity index (χ0v) is 8.97. The highest BCUT2D eigenvalue weighted by Crippen LogP contribution is 2.45. The fraction of sp³-hybridized carbons (Fsp3) is 0.333. The molecule has 0 saturated heterocycles. The molecule has 1 aliphatic rings. The van der Waals surface area contributed by atoms with E-state index in [9.17, 15) is 0 Å². The van der Waals surface area contributed by atoms with Crippen LogP contribution in [0.4, 0.5) is 0 Å². The molecule has 1 aromatic carbocycles. The second-order valence-electron chi connectivity index (χ2n) is 2.75. The minimum Gasteiger partial charge on any atom is -0.496 e. The smallest absolute Gasteiger partial charge is 0.231 e. The van der Waals surface area contributed by atoms with Crippen molar-refractivity contribution in [2.24, 2.45) is 0 Å². The number of benzene rings is 1. The van der Waals surface area contributed by atoms with Gasteiger partial charge < -0.3 is 14.2 Å². The lowest BCUT2D eigenvalue weighted by Crippen LogP contribution is -1.93. The molecular formula is C9H9BrO3. The van der Waals surface area contributed by atoms with Crippen LogP contribution in [-0.2, 0) is 0 Å². The molecule has 0 amide bonds. The van der Waals surface area contributed by atoms with Gasteiger partial charge in [-0.1, -0.05) is 0 Å². The van der Waals surface area contributed by atoms with Crippen LogP contribution in [0.1, 0.15) is 5.56 Å². The van der Waals surface area contributed by atoms with Crippen molar-refractivity contribution in [1.82, 2.24) is 0 Å². The van der Waals surface area contributed by atoms with E-state index in [0.717, 1.165) is 27.3 Å². The number of halogens is 1. The number of hydrogen-bond acceptors (Lipinski definition) is 3.